The van der Waals surface area contributed by atoms with E-state index in [0.29, 0.717) is 29.7 Å². The van der Waals surface area contributed by atoms with Crippen LogP contribution in [0.3, 0.4) is 0 Å². The van der Waals surface area contributed by atoms with E-state index in [4.69, 9.17) is 9.47 Å². The number of aromatic nitrogens is 5. The van der Waals surface area contributed by atoms with Gasteiger partial charge in [-0.1, -0.05) is 29.8 Å². The third-order valence-corrected chi connectivity index (χ3v) is 7.56. The van der Waals surface area contributed by atoms with Crippen LogP contribution >= 0.6 is 0 Å². The average Bonchev–Trinajstić information content (AvgIpc) is 3.31. The highest BCUT2D eigenvalue weighted by Gasteiger charge is 2.36. The van der Waals surface area contributed by atoms with Crippen molar-refractivity contribution in [3.8, 4) is 22.8 Å². The summed E-state index contributed by atoms with van der Waals surface area (Å²) in [5.74, 6) is 0.219. The second-order valence-electron chi connectivity index (χ2n) is 11.8. The lowest BCUT2D eigenvalue weighted by Crippen LogP contribution is -2.32. The number of hydrogen-bond acceptors (Lipinski definition) is 8. The van der Waals surface area contributed by atoms with E-state index in [1.54, 1.807) is 24.8 Å². The van der Waals surface area contributed by atoms with Crippen LogP contribution in [0.25, 0.3) is 22.0 Å². The van der Waals surface area contributed by atoms with Crippen molar-refractivity contribution in [3.63, 3.8) is 0 Å². The van der Waals surface area contributed by atoms with Crippen molar-refractivity contribution in [1.82, 2.24) is 24.5 Å². The fraction of sp³-hybridized carbons (Fsp3) is 0.303. The topological polar surface area (TPSA) is 115 Å². The van der Waals surface area contributed by atoms with Crippen LogP contribution in [0.2, 0.25) is 0 Å². The van der Waals surface area contributed by atoms with E-state index in [2.05, 4.69) is 66.7 Å². The zero-order valence-corrected chi connectivity index (χ0v) is 25.1. The Morgan fingerprint density at radius 2 is 1.70 bits per heavy atom. The molecular formula is C33H34N6O4. The molecule has 2 aromatic carbocycles. The molecule has 0 amide bonds. The van der Waals surface area contributed by atoms with Gasteiger partial charge in [0.15, 0.2) is 11.9 Å². The molecule has 0 radical (unpaired) electrons. The van der Waals surface area contributed by atoms with Crippen molar-refractivity contribution >= 4 is 28.5 Å². The van der Waals surface area contributed by atoms with Crippen LogP contribution in [-0.4, -0.2) is 47.7 Å². The third kappa shape index (κ3) is 5.30. The Balaban J connectivity index is 1.57. The lowest BCUT2D eigenvalue weighted by Gasteiger charge is -2.35. The molecule has 0 bridgehead atoms. The van der Waals surface area contributed by atoms with Gasteiger partial charge in [0, 0.05) is 42.1 Å². The largest absolute Gasteiger partial charge is 0.479 e. The van der Waals surface area contributed by atoms with Crippen LogP contribution in [0, 0.1) is 20.8 Å². The summed E-state index contributed by atoms with van der Waals surface area (Å²) in [5, 5.41) is 11.5. The molecule has 10 nitrogen and oxygen atoms in total. The fourth-order valence-corrected chi connectivity index (χ4v) is 5.80. The maximum Gasteiger partial charge on any atom is 0.337 e. The lowest BCUT2D eigenvalue weighted by molar-refractivity contribution is -0.160. The van der Waals surface area contributed by atoms with E-state index < -0.39 is 17.7 Å². The van der Waals surface area contributed by atoms with Crippen LogP contribution in [0.4, 0.5) is 11.6 Å². The second-order valence-corrected chi connectivity index (χ2v) is 11.8. The standard InChI is InChI=1S/C33H34N6O4/c1-19-7-9-22(10-8-19)27-24-15-20(2)38-13-14-39(32-36-16-23(17-37-32)42-25-18-34-11-12-35-25)28(29(24)38)21(3)26(27)30(31(40)41)43-33(4,5)6/h7-12,15-18,30H,13-14H2,1-6H3,(H,40,41)/t30-/m0/s1. The summed E-state index contributed by atoms with van der Waals surface area (Å²) in [6.45, 7) is 13.0. The Bertz CT molecular complexity index is 1810. The Hall–Kier alpha value is -4.83. The summed E-state index contributed by atoms with van der Waals surface area (Å²) in [4.78, 5) is 32.5. The molecule has 0 saturated carbocycles. The lowest BCUT2D eigenvalue weighted by atomic mass is 9.87. The average molecular weight is 579 g/mol. The van der Waals surface area contributed by atoms with Crippen LogP contribution in [-0.2, 0) is 16.1 Å². The molecule has 0 unspecified atom stereocenters. The quantitative estimate of drug-likeness (QED) is 0.225. The van der Waals surface area contributed by atoms with E-state index >= 15 is 0 Å². The van der Waals surface area contributed by atoms with Crippen LogP contribution in [0.5, 0.6) is 11.6 Å². The van der Waals surface area contributed by atoms with Gasteiger partial charge in [0.05, 0.1) is 35.4 Å². The molecule has 0 fully saturated rings. The number of carbonyl (C=O) groups is 1. The van der Waals surface area contributed by atoms with Gasteiger partial charge in [0.2, 0.25) is 11.8 Å². The number of hydrogen-bond donors (Lipinski definition) is 1. The number of carboxylic acid groups (broad SMARTS) is 1. The summed E-state index contributed by atoms with van der Waals surface area (Å²) >= 11 is 0. The molecule has 3 aromatic heterocycles. The number of ether oxygens (including phenoxy) is 2. The molecule has 4 heterocycles. The zero-order chi connectivity index (χ0) is 30.5. The number of rotatable bonds is 7. The van der Waals surface area contributed by atoms with Crippen LogP contribution < -0.4 is 9.64 Å². The Kier molecular flexibility index (Phi) is 7.09. The summed E-state index contributed by atoms with van der Waals surface area (Å²) in [7, 11) is 0. The SMILES string of the molecule is Cc1ccc(-c2c([C@H](OC(C)(C)C)C(=O)O)c(C)c3c4c2cc(C)n4CCN3c2ncc(Oc3cnccn3)cn2)cc1. The van der Waals surface area contributed by atoms with Crippen molar-refractivity contribution in [2.75, 3.05) is 11.4 Å². The highest BCUT2D eigenvalue weighted by molar-refractivity contribution is 6.08. The van der Waals surface area contributed by atoms with Gasteiger partial charge in [-0.2, -0.15) is 0 Å². The summed E-state index contributed by atoms with van der Waals surface area (Å²) < 4.78 is 14.3. The van der Waals surface area contributed by atoms with E-state index in [1.165, 1.54) is 6.20 Å². The van der Waals surface area contributed by atoms with E-state index in [9.17, 15) is 9.90 Å². The molecule has 0 spiro atoms. The first-order valence-corrected chi connectivity index (χ1v) is 14.2. The Morgan fingerprint density at radius 3 is 2.33 bits per heavy atom. The van der Waals surface area contributed by atoms with E-state index in [0.717, 1.165) is 51.1 Å². The molecule has 1 aliphatic rings. The van der Waals surface area contributed by atoms with Gasteiger partial charge >= 0.3 is 5.97 Å². The van der Waals surface area contributed by atoms with Gasteiger partial charge in [-0.25, -0.2) is 19.7 Å². The molecule has 5 aromatic rings. The minimum Gasteiger partial charge on any atom is -0.479 e. The number of anilines is 2. The number of aryl methyl sites for hydroxylation is 2. The van der Waals surface area contributed by atoms with Gasteiger partial charge < -0.3 is 24.0 Å². The number of benzene rings is 2. The molecule has 0 aliphatic carbocycles. The summed E-state index contributed by atoms with van der Waals surface area (Å²) in [5.41, 5.74) is 6.65. The maximum absolute atomic E-state index is 12.9. The zero-order valence-electron chi connectivity index (χ0n) is 25.1. The third-order valence-electron chi connectivity index (χ3n) is 7.56. The minimum atomic E-state index is -1.20. The highest BCUT2D eigenvalue weighted by atomic mass is 16.5. The maximum atomic E-state index is 12.9. The monoisotopic (exact) mass is 578 g/mol. The minimum absolute atomic E-state index is 0.345. The smallest absolute Gasteiger partial charge is 0.337 e. The molecule has 1 aliphatic heterocycles. The van der Waals surface area contributed by atoms with Crippen molar-refractivity contribution in [2.45, 2.75) is 59.8 Å². The number of carboxylic acids is 1. The Labute approximate surface area is 250 Å². The molecular weight excluding hydrogens is 544 g/mol. The Morgan fingerprint density at radius 1 is 0.977 bits per heavy atom. The van der Waals surface area contributed by atoms with Gasteiger partial charge in [-0.05, 0) is 64.3 Å². The molecule has 6 rings (SSSR count). The summed E-state index contributed by atoms with van der Waals surface area (Å²) in [6, 6.07) is 10.4. The first kappa shape index (κ1) is 28.3. The van der Waals surface area contributed by atoms with Crippen LogP contribution in [0.15, 0.2) is 61.3 Å². The normalized spacial score (nSPS) is 13.8. The van der Waals surface area contributed by atoms with Crippen molar-refractivity contribution in [3.05, 3.63) is 83.7 Å². The van der Waals surface area contributed by atoms with Gasteiger partial charge in [0.1, 0.15) is 0 Å². The molecule has 0 saturated heterocycles. The predicted molar refractivity (Wildman–Crippen MR) is 164 cm³/mol. The van der Waals surface area contributed by atoms with Crippen molar-refractivity contribution in [2.24, 2.45) is 0 Å². The van der Waals surface area contributed by atoms with Gasteiger partial charge in [-0.15, -0.1) is 0 Å². The highest BCUT2D eigenvalue weighted by Crippen LogP contribution is 2.49. The molecule has 1 N–H and O–H groups in total. The van der Waals surface area contributed by atoms with Crippen molar-refractivity contribution < 1.29 is 19.4 Å². The fourth-order valence-electron chi connectivity index (χ4n) is 5.80. The predicted octanol–water partition coefficient (Wildman–Crippen LogP) is 6.70. The first-order valence-electron chi connectivity index (χ1n) is 14.2. The molecule has 10 heteroatoms. The van der Waals surface area contributed by atoms with E-state index in [-0.39, 0.29) is 0 Å². The van der Waals surface area contributed by atoms with Gasteiger partial charge in [-0.3, -0.25) is 4.98 Å². The van der Waals surface area contributed by atoms with Gasteiger partial charge in [0.25, 0.3) is 0 Å². The molecule has 220 valence electrons. The first-order chi connectivity index (χ1) is 20.5. The second kappa shape index (κ2) is 10.8. The van der Waals surface area contributed by atoms with E-state index in [1.807, 2.05) is 34.6 Å². The van der Waals surface area contributed by atoms with Crippen LogP contribution in [0.1, 0.15) is 49.3 Å². The number of aliphatic carboxylic acids is 1. The van der Waals surface area contributed by atoms with Crippen molar-refractivity contribution in [1.29, 1.82) is 0 Å². The number of nitrogens with zero attached hydrogens (tertiary/aromatic N) is 6. The molecule has 1 atom stereocenters. The molecule has 43 heavy (non-hydrogen) atoms. The summed E-state index contributed by atoms with van der Waals surface area (Å²) in [6.07, 6.45) is 6.65.